The molecule has 3 aromatic rings. The lowest BCUT2D eigenvalue weighted by atomic mass is 10.0. The third-order valence-corrected chi connectivity index (χ3v) is 8.60. The first-order chi connectivity index (χ1) is 20.0. The number of carbonyl (C=O) groups excluding carboxylic acids is 1. The Morgan fingerprint density at radius 1 is 0.762 bits per heavy atom. The van der Waals surface area contributed by atoms with Crippen LogP contribution in [-0.2, 0) is 17.9 Å². The molecular weight excluding hydrogens is 604 g/mol. The van der Waals surface area contributed by atoms with Gasteiger partial charge in [-0.05, 0) is 43.2 Å². The summed E-state index contributed by atoms with van der Waals surface area (Å²) >= 11 is 1.75. The molecule has 0 N–H and O–H groups in total. The van der Waals surface area contributed by atoms with Crippen molar-refractivity contribution in [1.82, 2.24) is 0 Å². The maximum Gasteiger partial charge on any atom is 0.225 e. The minimum Gasteiger partial charge on any atom is -1.00 e. The number of carbonyl (C=O) groups is 1. The second kappa shape index (κ2) is 21.5. The Balaban J connectivity index is 0.00000616. The van der Waals surface area contributed by atoms with Crippen molar-refractivity contribution < 1.29 is 31.1 Å². The van der Waals surface area contributed by atoms with Gasteiger partial charge in [0, 0.05) is 18.2 Å². The molecule has 232 valence electrons. The van der Waals surface area contributed by atoms with Gasteiger partial charge in [-0.2, -0.15) is 4.57 Å². The number of nitrogens with zero attached hydrogens (tertiary/aromatic N) is 2. The van der Waals surface area contributed by atoms with Crippen LogP contribution in [0.5, 0.6) is 5.75 Å². The Morgan fingerprint density at radius 2 is 1.29 bits per heavy atom. The van der Waals surface area contributed by atoms with E-state index >= 15 is 0 Å². The fourth-order valence-electron chi connectivity index (χ4n) is 5.26. The summed E-state index contributed by atoms with van der Waals surface area (Å²) in [5, 5.41) is 0. The van der Waals surface area contributed by atoms with Crippen LogP contribution in [0.2, 0.25) is 0 Å². The van der Waals surface area contributed by atoms with Crippen LogP contribution in [0.4, 0.5) is 5.69 Å². The number of thiazole rings is 1. The summed E-state index contributed by atoms with van der Waals surface area (Å²) in [6.07, 6.45) is 21.3. The van der Waals surface area contributed by atoms with Crippen LogP contribution in [0, 0.1) is 6.92 Å². The van der Waals surface area contributed by atoms with Crippen molar-refractivity contribution in [1.29, 1.82) is 0 Å². The van der Waals surface area contributed by atoms with E-state index < -0.39 is 0 Å². The van der Waals surface area contributed by atoms with Gasteiger partial charge in [0.15, 0.2) is 12.7 Å². The first kappa shape index (κ1) is 36.0. The highest BCUT2D eigenvalue weighted by atomic mass is 79.9. The third-order valence-electron chi connectivity index (χ3n) is 7.75. The van der Waals surface area contributed by atoms with Crippen molar-refractivity contribution in [2.24, 2.45) is 0 Å². The van der Waals surface area contributed by atoms with E-state index in [0.29, 0.717) is 6.54 Å². The van der Waals surface area contributed by atoms with Gasteiger partial charge in [0.25, 0.3) is 0 Å². The number of anilines is 1. The summed E-state index contributed by atoms with van der Waals surface area (Å²) < 4.78 is 8.18. The standard InChI is InChI=1S/C36H53N2O2S.BrH/c1-4-5-6-7-8-9-10-11-12-13-14-15-16-17-26-40-36-24-20-34(21-25-36)29-38(32(3)39)35-22-18-33(19-23-35)28-37-27-31(2)41-30-37;/h18-25,27,30H,4-17,26,28-29H2,1-3H3;1H/q+1;/p-1. The van der Waals surface area contributed by atoms with E-state index in [2.05, 4.69) is 54.4 Å². The van der Waals surface area contributed by atoms with Crippen LogP contribution in [0.25, 0.3) is 0 Å². The van der Waals surface area contributed by atoms with Gasteiger partial charge in [0.05, 0.1) is 18.0 Å². The van der Waals surface area contributed by atoms with Gasteiger partial charge >= 0.3 is 0 Å². The molecule has 0 radical (unpaired) electrons. The highest BCUT2D eigenvalue weighted by molar-refractivity contribution is 7.09. The molecule has 0 unspecified atom stereocenters. The largest absolute Gasteiger partial charge is 1.00 e. The smallest absolute Gasteiger partial charge is 0.225 e. The van der Waals surface area contributed by atoms with Gasteiger partial charge < -0.3 is 26.6 Å². The maximum absolute atomic E-state index is 12.5. The van der Waals surface area contributed by atoms with Crippen LogP contribution in [0.3, 0.4) is 0 Å². The minimum atomic E-state index is 0. The number of rotatable bonds is 21. The Bertz CT molecular complexity index is 1110. The zero-order valence-corrected chi connectivity index (χ0v) is 28.7. The number of halogens is 1. The first-order valence-electron chi connectivity index (χ1n) is 16.1. The number of aromatic nitrogens is 1. The molecule has 4 nitrogen and oxygen atoms in total. The zero-order chi connectivity index (χ0) is 29.1. The predicted molar refractivity (Wildman–Crippen MR) is 174 cm³/mol. The molecule has 0 aliphatic rings. The zero-order valence-electron chi connectivity index (χ0n) is 26.3. The Morgan fingerprint density at radius 3 is 1.79 bits per heavy atom. The summed E-state index contributed by atoms with van der Waals surface area (Å²) in [6.45, 7) is 8.19. The van der Waals surface area contributed by atoms with E-state index in [-0.39, 0.29) is 22.9 Å². The molecular formula is C36H53BrN2O2S. The number of amides is 1. The second-order valence-corrected chi connectivity index (χ2v) is 12.6. The highest BCUT2D eigenvalue weighted by Crippen LogP contribution is 2.21. The van der Waals surface area contributed by atoms with Gasteiger partial charge in [-0.25, -0.2) is 0 Å². The van der Waals surface area contributed by atoms with Crippen molar-refractivity contribution in [3.8, 4) is 5.75 Å². The maximum atomic E-state index is 12.5. The number of aryl methyl sites for hydroxylation is 1. The van der Waals surface area contributed by atoms with E-state index in [1.54, 1.807) is 18.3 Å². The fourth-order valence-corrected chi connectivity index (χ4v) is 5.90. The summed E-state index contributed by atoms with van der Waals surface area (Å²) in [5.74, 6) is 0.946. The summed E-state index contributed by atoms with van der Waals surface area (Å²) in [6, 6.07) is 16.5. The van der Waals surface area contributed by atoms with Crippen molar-refractivity contribution in [2.75, 3.05) is 11.5 Å². The van der Waals surface area contributed by atoms with E-state index in [0.717, 1.165) is 36.6 Å². The lowest BCUT2D eigenvalue weighted by molar-refractivity contribution is -0.683. The van der Waals surface area contributed by atoms with Crippen LogP contribution in [0.15, 0.2) is 60.2 Å². The predicted octanol–water partition coefficient (Wildman–Crippen LogP) is 6.81. The molecule has 3 rings (SSSR count). The Kier molecular flexibility index (Phi) is 18.4. The fraction of sp³-hybridized carbons (Fsp3) is 0.556. The normalized spacial score (nSPS) is 10.8. The monoisotopic (exact) mass is 656 g/mol. The first-order valence-corrected chi connectivity index (χ1v) is 17.0. The van der Waals surface area contributed by atoms with Gasteiger partial charge in [-0.15, -0.1) is 0 Å². The average Bonchev–Trinajstić information content (AvgIpc) is 3.39. The van der Waals surface area contributed by atoms with E-state index in [1.807, 2.05) is 29.2 Å². The number of ether oxygens (including phenoxy) is 1. The molecule has 0 atom stereocenters. The van der Waals surface area contributed by atoms with Gasteiger partial charge in [0.1, 0.15) is 5.75 Å². The van der Waals surface area contributed by atoms with Gasteiger partial charge in [-0.3, -0.25) is 4.79 Å². The molecule has 42 heavy (non-hydrogen) atoms. The molecule has 2 aromatic carbocycles. The lowest BCUT2D eigenvalue weighted by Crippen LogP contribution is -3.00. The molecule has 1 heterocycles. The van der Waals surface area contributed by atoms with Crippen LogP contribution < -0.4 is 31.2 Å². The number of unbranched alkanes of at least 4 members (excludes halogenated alkanes) is 13. The Hall–Kier alpha value is -2.18. The topological polar surface area (TPSA) is 33.4 Å². The highest BCUT2D eigenvalue weighted by Gasteiger charge is 2.13. The summed E-state index contributed by atoms with van der Waals surface area (Å²) in [5.41, 5.74) is 5.38. The van der Waals surface area contributed by atoms with E-state index in [1.165, 1.54) is 93.9 Å². The third kappa shape index (κ3) is 14.3. The molecule has 0 saturated carbocycles. The Labute approximate surface area is 270 Å². The van der Waals surface area contributed by atoms with E-state index in [4.69, 9.17) is 4.74 Å². The number of benzene rings is 2. The minimum absolute atomic E-state index is 0. The molecule has 1 amide bonds. The van der Waals surface area contributed by atoms with Crippen molar-refractivity contribution in [2.45, 2.75) is 124 Å². The average molecular weight is 658 g/mol. The molecule has 0 aliphatic heterocycles. The van der Waals surface area contributed by atoms with Gasteiger partial charge in [0.2, 0.25) is 11.4 Å². The van der Waals surface area contributed by atoms with Crippen molar-refractivity contribution >= 4 is 22.9 Å². The molecule has 0 aliphatic carbocycles. The number of hydrogen-bond acceptors (Lipinski definition) is 3. The lowest BCUT2D eigenvalue weighted by Gasteiger charge is -2.21. The SMILES string of the molecule is CCCCCCCCCCCCCCCCOc1ccc(CN(C(C)=O)c2ccc(C[n+]3csc(C)c3)cc2)cc1.[Br-]. The molecule has 0 saturated heterocycles. The summed E-state index contributed by atoms with van der Waals surface area (Å²) in [7, 11) is 0. The van der Waals surface area contributed by atoms with Crippen LogP contribution >= 0.6 is 11.3 Å². The second-order valence-electron chi connectivity index (χ2n) is 11.5. The molecule has 1 aromatic heterocycles. The number of hydrogen-bond donors (Lipinski definition) is 0. The summed E-state index contributed by atoms with van der Waals surface area (Å²) in [4.78, 5) is 15.6. The molecule has 6 heteroatoms. The van der Waals surface area contributed by atoms with Gasteiger partial charge in [-0.1, -0.05) is 126 Å². The van der Waals surface area contributed by atoms with Crippen molar-refractivity contribution in [3.05, 3.63) is 76.2 Å². The van der Waals surface area contributed by atoms with Crippen molar-refractivity contribution in [3.63, 3.8) is 0 Å². The van der Waals surface area contributed by atoms with Crippen LogP contribution in [0.1, 0.15) is 120 Å². The molecule has 0 spiro atoms. The molecule has 0 fully saturated rings. The quantitative estimate of drug-likeness (QED) is 0.0932. The molecule has 0 bridgehead atoms. The van der Waals surface area contributed by atoms with E-state index in [9.17, 15) is 4.79 Å². The van der Waals surface area contributed by atoms with Crippen LogP contribution in [-0.4, -0.2) is 12.5 Å².